The van der Waals surface area contributed by atoms with Gasteiger partial charge in [0.05, 0.1) is 4.90 Å². The van der Waals surface area contributed by atoms with Crippen LogP contribution in [0.15, 0.2) is 46.2 Å². The molecule has 0 fully saturated rings. The first-order valence-corrected chi connectivity index (χ1v) is 7.10. The second-order valence-electron chi connectivity index (χ2n) is 4.63. The van der Waals surface area contributed by atoms with E-state index in [2.05, 4.69) is 37.4 Å². The van der Waals surface area contributed by atoms with Gasteiger partial charge in [-0.05, 0) is 49.7 Å². The van der Waals surface area contributed by atoms with Crippen LogP contribution in [0.3, 0.4) is 0 Å². The Morgan fingerprint density at radius 3 is 2.68 bits per heavy atom. The van der Waals surface area contributed by atoms with Gasteiger partial charge in [-0.3, -0.25) is 0 Å². The molecule has 0 aliphatic carbocycles. The molecule has 0 amide bonds. The van der Waals surface area contributed by atoms with Gasteiger partial charge in [-0.15, -0.1) is 0 Å². The Balaban J connectivity index is 2.39. The maximum atomic E-state index is 14.0. The maximum Gasteiger partial charge on any atom is 0.137 e. The Hall–Kier alpha value is -1.32. The molecule has 0 aliphatic rings. The first-order chi connectivity index (χ1) is 9.11. The van der Waals surface area contributed by atoms with Gasteiger partial charge in [0.25, 0.3) is 0 Å². The number of aryl methyl sites for hydroxylation is 2. The van der Waals surface area contributed by atoms with Gasteiger partial charge in [0, 0.05) is 11.4 Å². The number of benzene rings is 2. The van der Waals surface area contributed by atoms with Crippen molar-refractivity contribution in [2.45, 2.75) is 30.2 Å². The maximum absolute atomic E-state index is 14.0. The standard InChI is InChI=1S/C16H18FNS/c1-11-7-8-12(2)15(9-11)19-16-13(10-18-3)5-4-6-14(16)17/h4-9,18H,10H2,1-3H3. The van der Waals surface area contributed by atoms with E-state index < -0.39 is 0 Å². The first-order valence-electron chi connectivity index (χ1n) is 6.29. The Bertz CT molecular complexity index is 581. The van der Waals surface area contributed by atoms with Crippen molar-refractivity contribution in [3.05, 3.63) is 58.9 Å². The van der Waals surface area contributed by atoms with Crippen LogP contribution in [0, 0.1) is 19.7 Å². The zero-order chi connectivity index (χ0) is 13.8. The van der Waals surface area contributed by atoms with Gasteiger partial charge >= 0.3 is 0 Å². The molecule has 0 saturated heterocycles. The normalized spacial score (nSPS) is 10.7. The molecule has 1 nitrogen and oxygen atoms in total. The minimum atomic E-state index is -0.154. The summed E-state index contributed by atoms with van der Waals surface area (Å²) >= 11 is 1.51. The minimum absolute atomic E-state index is 0.154. The van der Waals surface area contributed by atoms with Crippen molar-refractivity contribution >= 4 is 11.8 Å². The van der Waals surface area contributed by atoms with E-state index in [0.717, 1.165) is 10.5 Å². The number of halogens is 1. The highest BCUT2D eigenvalue weighted by atomic mass is 32.2. The van der Waals surface area contributed by atoms with Gasteiger partial charge in [0.15, 0.2) is 0 Å². The van der Waals surface area contributed by atoms with Crippen molar-refractivity contribution in [1.82, 2.24) is 5.32 Å². The SMILES string of the molecule is CNCc1cccc(F)c1Sc1cc(C)ccc1C. The van der Waals surface area contributed by atoms with Crippen LogP contribution in [0.4, 0.5) is 4.39 Å². The molecule has 1 N–H and O–H groups in total. The molecule has 2 aromatic rings. The minimum Gasteiger partial charge on any atom is -0.316 e. The molecule has 0 aliphatic heterocycles. The molecule has 0 saturated carbocycles. The van der Waals surface area contributed by atoms with E-state index in [9.17, 15) is 4.39 Å². The lowest BCUT2D eigenvalue weighted by Gasteiger charge is -2.12. The van der Waals surface area contributed by atoms with Crippen molar-refractivity contribution in [1.29, 1.82) is 0 Å². The third-order valence-corrected chi connectivity index (χ3v) is 4.29. The summed E-state index contributed by atoms with van der Waals surface area (Å²) in [6, 6.07) is 11.5. The molecule has 0 bridgehead atoms. The molecule has 0 unspecified atom stereocenters. The van der Waals surface area contributed by atoms with E-state index in [-0.39, 0.29) is 5.82 Å². The van der Waals surface area contributed by atoms with Gasteiger partial charge in [-0.2, -0.15) is 0 Å². The molecule has 2 aromatic carbocycles. The highest BCUT2D eigenvalue weighted by Gasteiger charge is 2.11. The lowest BCUT2D eigenvalue weighted by Crippen LogP contribution is -2.06. The molecule has 0 radical (unpaired) electrons. The third kappa shape index (κ3) is 3.37. The van der Waals surface area contributed by atoms with Crippen LogP contribution in [0.5, 0.6) is 0 Å². The molecule has 0 spiro atoms. The third-order valence-electron chi connectivity index (χ3n) is 2.97. The van der Waals surface area contributed by atoms with Crippen LogP contribution < -0.4 is 5.32 Å². The summed E-state index contributed by atoms with van der Waals surface area (Å²) in [7, 11) is 1.87. The quantitative estimate of drug-likeness (QED) is 0.892. The molecule has 2 rings (SSSR count). The average molecular weight is 275 g/mol. The Morgan fingerprint density at radius 2 is 1.95 bits per heavy atom. The largest absolute Gasteiger partial charge is 0.316 e. The van der Waals surface area contributed by atoms with Crippen LogP contribution >= 0.6 is 11.8 Å². The van der Waals surface area contributed by atoms with Crippen LogP contribution in [0.25, 0.3) is 0 Å². The average Bonchev–Trinajstić information content (AvgIpc) is 2.38. The van der Waals surface area contributed by atoms with E-state index in [1.54, 1.807) is 6.07 Å². The lowest BCUT2D eigenvalue weighted by molar-refractivity contribution is 0.594. The molecular formula is C16H18FNS. The molecule has 0 atom stereocenters. The van der Waals surface area contributed by atoms with Crippen LogP contribution in [0.2, 0.25) is 0 Å². The number of nitrogens with one attached hydrogen (secondary N) is 1. The molecule has 0 heterocycles. The van der Waals surface area contributed by atoms with Gasteiger partial charge in [0.1, 0.15) is 5.82 Å². The Labute approximate surface area is 118 Å². The first kappa shape index (κ1) is 14.1. The van der Waals surface area contributed by atoms with E-state index in [1.165, 1.54) is 29.0 Å². The number of rotatable bonds is 4. The van der Waals surface area contributed by atoms with Gasteiger partial charge < -0.3 is 5.32 Å². The predicted octanol–water partition coefficient (Wildman–Crippen LogP) is 4.31. The zero-order valence-corrected chi connectivity index (χ0v) is 12.3. The molecular weight excluding hydrogens is 257 g/mol. The van der Waals surface area contributed by atoms with E-state index in [0.29, 0.717) is 11.4 Å². The topological polar surface area (TPSA) is 12.0 Å². The van der Waals surface area contributed by atoms with E-state index in [4.69, 9.17) is 0 Å². The fraction of sp³-hybridized carbons (Fsp3) is 0.250. The second kappa shape index (κ2) is 6.22. The summed E-state index contributed by atoms with van der Waals surface area (Å²) in [4.78, 5) is 1.83. The summed E-state index contributed by atoms with van der Waals surface area (Å²) in [6.07, 6.45) is 0. The highest BCUT2D eigenvalue weighted by molar-refractivity contribution is 7.99. The van der Waals surface area contributed by atoms with Gasteiger partial charge in [-0.1, -0.05) is 36.0 Å². The summed E-state index contributed by atoms with van der Waals surface area (Å²) in [5.41, 5.74) is 3.36. The van der Waals surface area contributed by atoms with Gasteiger partial charge in [-0.25, -0.2) is 4.39 Å². The summed E-state index contributed by atoms with van der Waals surface area (Å²) in [6.45, 7) is 4.78. The summed E-state index contributed by atoms with van der Waals surface area (Å²) < 4.78 is 14.0. The smallest absolute Gasteiger partial charge is 0.137 e. The summed E-state index contributed by atoms with van der Waals surface area (Å²) in [5, 5.41) is 3.08. The zero-order valence-electron chi connectivity index (χ0n) is 11.5. The predicted molar refractivity (Wildman–Crippen MR) is 79.2 cm³/mol. The summed E-state index contributed by atoms with van der Waals surface area (Å²) in [5.74, 6) is -0.154. The van der Waals surface area contributed by atoms with E-state index >= 15 is 0 Å². The molecule has 3 heteroatoms. The van der Waals surface area contributed by atoms with Crippen molar-refractivity contribution in [2.75, 3.05) is 7.05 Å². The van der Waals surface area contributed by atoms with Crippen LogP contribution in [-0.4, -0.2) is 7.05 Å². The molecule has 19 heavy (non-hydrogen) atoms. The van der Waals surface area contributed by atoms with Crippen molar-refractivity contribution < 1.29 is 4.39 Å². The number of hydrogen-bond donors (Lipinski definition) is 1. The second-order valence-corrected chi connectivity index (χ2v) is 5.68. The Kier molecular flexibility index (Phi) is 4.61. The fourth-order valence-electron chi connectivity index (χ4n) is 1.92. The van der Waals surface area contributed by atoms with Crippen molar-refractivity contribution in [3.63, 3.8) is 0 Å². The molecule has 100 valence electrons. The van der Waals surface area contributed by atoms with Crippen molar-refractivity contribution in [2.24, 2.45) is 0 Å². The molecule has 0 aromatic heterocycles. The highest BCUT2D eigenvalue weighted by Crippen LogP contribution is 2.35. The van der Waals surface area contributed by atoms with Crippen LogP contribution in [0.1, 0.15) is 16.7 Å². The monoisotopic (exact) mass is 275 g/mol. The lowest BCUT2D eigenvalue weighted by atomic mass is 10.2. The van der Waals surface area contributed by atoms with E-state index in [1.807, 2.05) is 13.1 Å². The van der Waals surface area contributed by atoms with Crippen LogP contribution in [-0.2, 0) is 6.54 Å². The number of hydrogen-bond acceptors (Lipinski definition) is 2. The fourth-order valence-corrected chi connectivity index (χ4v) is 3.06. The van der Waals surface area contributed by atoms with Gasteiger partial charge in [0.2, 0.25) is 0 Å². The van der Waals surface area contributed by atoms with Crippen molar-refractivity contribution in [3.8, 4) is 0 Å². The Morgan fingerprint density at radius 1 is 1.16 bits per heavy atom.